The van der Waals surface area contributed by atoms with Gasteiger partial charge in [0.15, 0.2) is 0 Å². The Morgan fingerprint density at radius 1 is 1.16 bits per heavy atom. The van der Waals surface area contributed by atoms with Crippen LogP contribution in [0.5, 0.6) is 0 Å². The Kier molecular flexibility index (Phi) is 10.8. The van der Waals surface area contributed by atoms with E-state index in [1.54, 1.807) is 24.3 Å². The van der Waals surface area contributed by atoms with E-state index in [9.17, 15) is 9.59 Å². The van der Waals surface area contributed by atoms with Crippen LogP contribution in [0.3, 0.4) is 0 Å². The van der Waals surface area contributed by atoms with Gasteiger partial charge in [-0.3, -0.25) is 14.4 Å². The van der Waals surface area contributed by atoms with Gasteiger partial charge in [-0.1, -0.05) is 20.3 Å². The van der Waals surface area contributed by atoms with Gasteiger partial charge in [0.25, 0.3) is 5.97 Å². The van der Waals surface area contributed by atoms with Crippen molar-refractivity contribution in [1.29, 1.82) is 0 Å². The predicted molar refractivity (Wildman–Crippen MR) is 96.3 cm³/mol. The first-order valence-corrected chi connectivity index (χ1v) is 7.86. The number of nitrogens with two attached hydrogens (primary N) is 1. The highest BCUT2D eigenvalue weighted by molar-refractivity contribution is 5.95. The second kappa shape index (κ2) is 12.0. The van der Waals surface area contributed by atoms with Gasteiger partial charge in [0.2, 0.25) is 11.8 Å². The van der Waals surface area contributed by atoms with E-state index in [2.05, 4.69) is 10.6 Å². The van der Waals surface area contributed by atoms with Gasteiger partial charge in [-0.05, 0) is 30.2 Å². The van der Waals surface area contributed by atoms with E-state index in [1.807, 2.05) is 13.8 Å². The summed E-state index contributed by atoms with van der Waals surface area (Å²) in [6.07, 6.45) is 0.846. The fourth-order valence-electron chi connectivity index (χ4n) is 1.70. The highest BCUT2D eigenvalue weighted by Gasteiger charge is 2.19. The van der Waals surface area contributed by atoms with Crippen molar-refractivity contribution in [2.24, 2.45) is 11.7 Å². The molecule has 8 nitrogen and oxygen atoms in total. The minimum Gasteiger partial charge on any atom is -0.481 e. The summed E-state index contributed by atoms with van der Waals surface area (Å²) in [5, 5.41) is 12.9. The molecular formula is C17H27N3O5. The number of carboxylic acids is 1. The third-order valence-corrected chi connectivity index (χ3v) is 3.27. The van der Waals surface area contributed by atoms with Gasteiger partial charge in [-0.15, -0.1) is 0 Å². The number of nitrogens with one attached hydrogen (secondary N) is 2. The molecule has 0 fully saturated rings. The molecule has 0 saturated carbocycles. The van der Waals surface area contributed by atoms with Crippen molar-refractivity contribution >= 4 is 29.2 Å². The zero-order chi connectivity index (χ0) is 19.4. The lowest BCUT2D eigenvalue weighted by atomic mass is 9.99. The summed E-state index contributed by atoms with van der Waals surface area (Å²) in [6.45, 7) is 5.02. The molecule has 0 aliphatic rings. The third-order valence-electron chi connectivity index (χ3n) is 3.27. The number of ether oxygens (including phenoxy) is 1. The van der Waals surface area contributed by atoms with E-state index in [-0.39, 0.29) is 24.3 Å². The molecule has 1 aromatic rings. The van der Waals surface area contributed by atoms with Crippen molar-refractivity contribution in [3.05, 3.63) is 24.3 Å². The molecule has 5 N–H and O–H groups in total. The van der Waals surface area contributed by atoms with E-state index < -0.39 is 12.0 Å². The van der Waals surface area contributed by atoms with Gasteiger partial charge in [0.05, 0.1) is 6.04 Å². The fraction of sp³-hybridized carbons (Fsp3) is 0.471. The normalized spacial score (nSPS) is 12.2. The summed E-state index contributed by atoms with van der Waals surface area (Å²) in [5.41, 5.74) is 7.15. The van der Waals surface area contributed by atoms with E-state index in [0.717, 1.165) is 13.3 Å². The van der Waals surface area contributed by atoms with E-state index in [4.69, 9.17) is 20.4 Å². The highest BCUT2D eigenvalue weighted by atomic mass is 16.5. The van der Waals surface area contributed by atoms with Gasteiger partial charge in [0.1, 0.15) is 6.61 Å². The summed E-state index contributed by atoms with van der Waals surface area (Å²) in [4.78, 5) is 32.3. The van der Waals surface area contributed by atoms with E-state index in [1.165, 1.54) is 7.11 Å². The Balaban J connectivity index is 0.00000129. The number of methoxy groups -OCH3 is 1. The quantitative estimate of drug-likeness (QED) is 0.590. The molecule has 1 rings (SSSR count). The molecule has 1 aromatic carbocycles. The maximum atomic E-state index is 11.9. The van der Waals surface area contributed by atoms with Crippen molar-refractivity contribution < 1.29 is 24.2 Å². The Labute approximate surface area is 147 Å². The summed E-state index contributed by atoms with van der Waals surface area (Å²) < 4.78 is 4.73. The molecule has 0 spiro atoms. The molecule has 0 saturated heterocycles. The molecule has 0 bridgehead atoms. The molecule has 0 aromatic heterocycles. The van der Waals surface area contributed by atoms with Crippen LogP contribution in [0, 0.1) is 5.92 Å². The number of amides is 2. The number of hydrogen-bond acceptors (Lipinski definition) is 5. The van der Waals surface area contributed by atoms with E-state index in [0.29, 0.717) is 11.4 Å². The molecule has 0 aliphatic heterocycles. The second-order valence-corrected chi connectivity index (χ2v) is 5.48. The molecule has 2 atom stereocenters. The molecular weight excluding hydrogens is 326 g/mol. The zero-order valence-corrected chi connectivity index (χ0v) is 15.0. The van der Waals surface area contributed by atoms with Gasteiger partial charge < -0.3 is 26.2 Å². The number of rotatable bonds is 7. The third kappa shape index (κ3) is 10.1. The molecule has 2 amide bonds. The largest absolute Gasteiger partial charge is 0.481 e. The Morgan fingerprint density at radius 3 is 2.00 bits per heavy atom. The topological polar surface area (TPSA) is 131 Å². The second-order valence-electron chi connectivity index (χ2n) is 5.48. The van der Waals surface area contributed by atoms with Crippen LogP contribution in [0.25, 0.3) is 0 Å². The van der Waals surface area contributed by atoms with Crippen LogP contribution in [-0.4, -0.2) is 42.6 Å². The molecule has 140 valence electrons. The van der Waals surface area contributed by atoms with Crippen molar-refractivity contribution in [1.82, 2.24) is 0 Å². The highest BCUT2D eigenvalue weighted by Crippen LogP contribution is 2.15. The van der Waals surface area contributed by atoms with Crippen LogP contribution in [-0.2, 0) is 19.1 Å². The minimum atomic E-state index is -0.833. The van der Waals surface area contributed by atoms with Crippen LogP contribution in [0.1, 0.15) is 27.2 Å². The van der Waals surface area contributed by atoms with Crippen LogP contribution in [0.4, 0.5) is 11.4 Å². The zero-order valence-electron chi connectivity index (χ0n) is 15.0. The number of carbonyl (C=O) groups excluding carboxylic acids is 2. The van der Waals surface area contributed by atoms with Gasteiger partial charge in [-0.2, -0.15) is 0 Å². The Morgan fingerprint density at radius 2 is 1.60 bits per heavy atom. The number of anilines is 2. The predicted octanol–water partition coefficient (Wildman–Crippen LogP) is 1.67. The standard InChI is InChI=1S/C15H23N3O3.C2H4O2/c1-4-10(2)14(16)15(20)18-12-7-5-11(6-8-12)17-13(19)9-21-3;1-2(3)4/h5-8,10,14H,4,9,16H2,1-3H3,(H,17,19)(H,18,20);1H3,(H,3,4)/t10-,14-;/m0./s1. The van der Waals surface area contributed by atoms with Crippen LogP contribution in [0.15, 0.2) is 24.3 Å². The first-order valence-electron chi connectivity index (χ1n) is 7.86. The first kappa shape index (κ1) is 22.6. The van der Waals surface area contributed by atoms with Crippen LogP contribution in [0.2, 0.25) is 0 Å². The number of hydrogen-bond donors (Lipinski definition) is 4. The summed E-state index contributed by atoms with van der Waals surface area (Å²) >= 11 is 0. The molecule has 8 heteroatoms. The number of aliphatic carboxylic acids is 1. The van der Waals surface area contributed by atoms with Crippen molar-refractivity contribution in [3.8, 4) is 0 Å². The SMILES string of the molecule is CC(=O)O.CC[C@H](C)[C@H](N)C(=O)Nc1ccc(NC(=O)COC)cc1. The minimum absolute atomic E-state index is 0.00223. The monoisotopic (exact) mass is 353 g/mol. The van der Waals surface area contributed by atoms with Crippen molar-refractivity contribution in [2.75, 3.05) is 24.4 Å². The summed E-state index contributed by atoms with van der Waals surface area (Å²) in [7, 11) is 1.46. The lowest BCUT2D eigenvalue weighted by Gasteiger charge is -2.17. The molecule has 0 radical (unpaired) electrons. The summed E-state index contributed by atoms with van der Waals surface area (Å²) in [6, 6.07) is 6.31. The Bertz CT molecular complexity index is 556. The van der Waals surface area contributed by atoms with Gasteiger partial charge in [0, 0.05) is 25.4 Å². The van der Waals surface area contributed by atoms with Gasteiger partial charge in [-0.25, -0.2) is 0 Å². The molecule has 0 unspecified atom stereocenters. The average molecular weight is 353 g/mol. The van der Waals surface area contributed by atoms with Crippen LogP contribution < -0.4 is 16.4 Å². The number of benzene rings is 1. The smallest absolute Gasteiger partial charge is 0.300 e. The maximum Gasteiger partial charge on any atom is 0.300 e. The molecule has 0 heterocycles. The average Bonchev–Trinajstić information content (AvgIpc) is 2.54. The van der Waals surface area contributed by atoms with Gasteiger partial charge >= 0.3 is 0 Å². The molecule has 0 aliphatic carbocycles. The lowest BCUT2D eigenvalue weighted by molar-refractivity contribution is -0.134. The van der Waals surface area contributed by atoms with Crippen LogP contribution >= 0.6 is 0 Å². The Hall–Kier alpha value is -2.45. The van der Waals surface area contributed by atoms with Crippen molar-refractivity contribution in [2.45, 2.75) is 33.2 Å². The van der Waals surface area contributed by atoms with E-state index >= 15 is 0 Å². The summed E-state index contributed by atoms with van der Waals surface area (Å²) in [5.74, 6) is -1.15. The maximum absolute atomic E-state index is 11.9. The lowest BCUT2D eigenvalue weighted by Crippen LogP contribution is -2.40. The fourth-order valence-corrected chi connectivity index (χ4v) is 1.70. The number of carboxylic acid groups (broad SMARTS) is 1. The number of carbonyl (C=O) groups is 3. The first-order chi connectivity index (χ1) is 11.7. The van der Waals surface area contributed by atoms with Crippen molar-refractivity contribution in [3.63, 3.8) is 0 Å². The molecule has 25 heavy (non-hydrogen) atoms.